The minimum Gasteiger partial charge on any atom is -0.394 e. The summed E-state index contributed by atoms with van der Waals surface area (Å²) in [7, 11) is 5.35. The van der Waals surface area contributed by atoms with E-state index in [1.165, 1.54) is 57.4 Å². The molecule has 0 saturated carbocycles. The number of amides is 17. The third-order valence-corrected chi connectivity index (χ3v) is 24.1. The Labute approximate surface area is 759 Å². The van der Waals surface area contributed by atoms with Crippen LogP contribution < -0.4 is 64.6 Å². The number of carbonyl (C=O) groups excluding carboxylic acids is 17. The molecule has 3 aromatic carbocycles. The zero-order valence-electron chi connectivity index (χ0n) is 75.7. The van der Waals surface area contributed by atoms with Crippen LogP contribution in [0.5, 0.6) is 0 Å². The van der Waals surface area contributed by atoms with Gasteiger partial charge in [-0.25, -0.2) is 4.98 Å². The van der Waals surface area contributed by atoms with Crippen LogP contribution in [0, 0.1) is 11.8 Å². The van der Waals surface area contributed by atoms with E-state index in [1.807, 2.05) is 13.8 Å². The van der Waals surface area contributed by atoms with Gasteiger partial charge in [0.25, 0.3) is 0 Å². The number of hydrogen-bond donors (Lipinski definition) is 16. The van der Waals surface area contributed by atoms with E-state index >= 15 is 24.0 Å². The van der Waals surface area contributed by atoms with Crippen molar-refractivity contribution >= 4 is 134 Å². The third kappa shape index (κ3) is 29.4. The summed E-state index contributed by atoms with van der Waals surface area (Å²) in [5.41, 5.74) is 14.5. The van der Waals surface area contributed by atoms with Gasteiger partial charge in [-0.05, 0) is 86.1 Å². The van der Waals surface area contributed by atoms with Crippen molar-refractivity contribution in [2.24, 2.45) is 23.3 Å². The van der Waals surface area contributed by atoms with Gasteiger partial charge in [0.05, 0.1) is 38.2 Å². The predicted molar refractivity (Wildman–Crippen MR) is 485 cm³/mol. The van der Waals surface area contributed by atoms with E-state index in [0.717, 1.165) is 26.5 Å². The number of nitrogens with zero attached hydrogens (tertiary/aromatic N) is 6. The number of aromatic amines is 3. The summed E-state index contributed by atoms with van der Waals surface area (Å²) in [6.07, 6.45) is 7.27. The molecule has 18 N–H and O–H groups in total. The van der Waals surface area contributed by atoms with E-state index < -0.39 is 211 Å². The molecular weight excluding hydrogens is 1700 g/mol. The summed E-state index contributed by atoms with van der Waals surface area (Å²) < 4.78 is 0. The normalized spacial score (nSPS) is 23.8. The number of para-hydroxylation sites is 2. The number of carbonyl (C=O) groups is 17. The van der Waals surface area contributed by atoms with Crippen molar-refractivity contribution in [3.8, 4) is 0 Å². The number of H-pyrrole nitrogens is 3. The Morgan fingerprint density at radius 1 is 0.515 bits per heavy atom. The van der Waals surface area contributed by atoms with Crippen molar-refractivity contribution in [2.75, 3.05) is 65.9 Å². The van der Waals surface area contributed by atoms with Crippen molar-refractivity contribution in [1.82, 2.24) is 97.6 Å². The number of fused-ring (bicyclic) bond motifs is 3. The number of nitrogens with two attached hydrogens (primary N) is 2. The Balaban J connectivity index is 1.18. The fraction of sp³-hybridized carbons (Fsp3) is 0.533. The highest BCUT2D eigenvalue weighted by Gasteiger charge is 2.44. The van der Waals surface area contributed by atoms with Gasteiger partial charge in [0.15, 0.2) is 0 Å². The van der Waals surface area contributed by atoms with Crippen molar-refractivity contribution in [2.45, 2.75) is 230 Å². The van der Waals surface area contributed by atoms with Gasteiger partial charge in [0.1, 0.15) is 78.5 Å². The molecule has 706 valence electrons. The molecule has 8 rings (SSSR count). The second kappa shape index (κ2) is 49.7. The number of thioether (sulfide) groups is 1. The number of imidazole rings is 1. The number of aromatic nitrogens is 4. The lowest BCUT2D eigenvalue weighted by atomic mass is 9.99. The largest absolute Gasteiger partial charge is 0.394 e. The van der Waals surface area contributed by atoms with E-state index in [0.29, 0.717) is 76.3 Å². The van der Waals surface area contributed by atoms with Gasteiger partial charge in [-0.1, -0.05) is 140 Å². The number of unbranched alkanes of at least 4 members (excludes halogenated alkanes) is 3. The smallest absolute Gasteiger partial charge is 0.246 e. The molecule has 13 atom stereocenters. The number of likely N-dealkylation sites (N-methyl/N-ethyl adjacent to an activating group) is 4. The molecule has 2 aliphatic rings. The van der Waals surface area contributed by atoms with Crippen LogP contribution in [0.15, 0.2) is 104 Å². The van der Waals surface area contributed by atoms with E-state index in [-0.39, 0.29) is 88.3 Å². The quantitative estimate of drug-likeness (QED) is 0.0336. The Hall–Kier alpha value is -12.8. The molecule has 0 unspecified atom stereocenters. The average Bonchev–Trinajstić information content (AvgIpc) is 1.44. The monoisotopic (exact) mass is 1820 g/mol. The number of benzene rings is 3. The van der Waals surface area contributed by atoms with Crippen LogP contribution in [-0.4, -0.2) is 294 Å². The topological polar surface area (TPSA) is 559 Å². The van der Waals surface area contributed by atoms with Gasteiger partial charge in [-0.2, -0.15) is 0 Å². The molecule has 2 fully saturated rings. The molecule has 6 aromatic rings. The molecule has 5 heterocycles. The second-order valence-electron chi connectivity index (χ2n) is 34.2. The van der Waals surface area contributed by atoms with E-state index in [2.05, 4.69) is 73.1 Å². The van der Waals surface area contributed by atoms with E-state index in [4.69, 9.17) is 11.5 Å². The molecule has 0 radical (unpaired) electrons. The first kappa shape index (κ1) is 103. The summed E-state index contributed by atoms with van der Waals surface area (Å²) in [6.45, 7) is 9.70. The number of aliphatic hydroxyl groups excluding tert-OH is 1. The first-order valence-electron chi connectivity index (χ1n) is 44.1. The molecule has 2 saturated heterocycles. The highest BCUT2D eigenvalue weighted by atomic mass is 32.2. The van der Waals surface area contributed by atoms with Gasteiger partial charge in [0.2, 0.25) is 100 Å². The minimum atomic E-state index is -1.83. The number of aliphatic hydroxyl groups is 1. The predicted octanol–water partition coefficient (Wildman–Crippen LogP) is 0.0351. The molecule has 40 heteroatoms. The van der Waals surface area contributed by atoms with Crippen molar-refractivity contribution in [3.05, 3.63) is 126 Å². The van der Waals surface area contributed by atoms with Gasteiger partial charge < -0.3 is 109 Å². The third-order valence-electron chi connectivity index (χ3n) is 23.1. The van der Waals surface area contributed by atoms with Gasteiger partial charge in [-0.3, -0.25) is 81.5 Å². The van der Waals surface area contributed by atoms with E-state index in [9.17, 15) is 62.6 Å². The zero-order chi connectivity index (χ0) is 95.2. The van der Waals surface area contributed by atoms with E-state index in [1.54, 1.807) is 119 Å². The first-order valence-corrected chi connectivity index (χ1v) is 45.3. The molecule has 3 aromatic heterocycles. The highest BCUT2D eigenvalue weighted by Crippen LogP contribution is 2.26. The Kier molecular flexibility index (Phi) is 39.2. The van der Waals surface area contributed by atoms with Crippen LogP contribution in [0.3, 0.4) is 0 Å². The van der Waals surface area contributed by atoms with Crippen LogP contribution >= 0.6 is 11.8 Å². The van der Waals surface area contributed by atoms with Crippen molar-refractivity contribution in [1.29, 1.82) is 0 Å². The number of primary amides is 2. The number of nitrogens with one attached hydrogen (secondary N) is 13. The number of rotatable bonds is 25. The minimum absolute atomic E-state index is 0.0175. The Morgan fingerprint density at radius 2 is 1.04 bits per heavy atom. The second-order valence-corrected chi connectivity index (χ2v) is 35.2. The SMILES string of the molecule is CCCCC[C@H]1C(=O)N(C)[C@@H](CCCC)C(=O)N[C@@H](CC(C)C)C(=O)N[C@H](C(=O)NCC(N)=O)CSCC(=O)N[C@@H](Cc2ccccc2)C(=O)N(C)[C@@H](C)C(=O)N[C@@H](CC(N)=O)C(=O)N2CCC[C@H]2C(=O)N[C@@H](Cc2cnc[nH]2)C(=O)N[C@@H](CC(C)C)C(=O)N(C)CC(=O)N[C@@H](Cc2c[nH]c3ccccc23)C(=O)N[C@@H](CO)C(=O)N[C@@H](Cc2c[nH]c3ccccc23)C(=O)N1C. The summed E-state index contributed by atoms with van der Waals surface area (Å²) in [4.78, 5) is 267. The first-order chi connectivity index (χ1) is 61.9. The zero-order valence-corrected chi connectivity index (χ0v) is 76.5. The van der Waals surface area contributed by atoms with Gasteiger partial charge >= 0.3 is 0 Å². The summed E-state index contributed by atoms with van der Waals surface area (Å²) in [6, 6.07) is 3.51. The van der Waals surface area contributed by atoms with Crippen LogP contribution in [0.2, 0.25) is 0 Å². The fourth-order valence-electron chi connectivity index (χ4n) is 15.9. The molecule has 0 spiro atoms. The lowest BCUT2D eigenvalue weighted by Crippen LogP contribution is -2.61. The maximum Gasteiger partial charge on any atom is 0.246 e. The maximum absolute atomic E-state index is 15.7. The summed E-state index contributed by atoms with van der Waals surface area (Å²) >= 11 is 0.833. The van der Waals surface area contributed by atoms with Gasteiger partial charge in [0, 0.05) is 112 Å². The maximum atomic E-state index is 15.7. The highest BCUT2D eigenvalue weighted by molar-refractivity contribution is 8.00. The standard InChI is InChI=1S/C90H127N21O18S/c1-12-14-17-32-73-90(129)109(10)71(31-15-13-2)84(123)100-62(35-51(3)4)80(119)106-70(79(118)96-45-75(92)114)48-130-49-77(116)99-66(37-54-25-18-16-19-26-54)87(126)108(9)53(7)78(117)102-68(41-74(91)113)89(128)111-34-24-33-72(111)85(124)101-64(40-57-44-93-50-97-57)82(121)103-65(36-52(5)6)86(125)107(8)46-76(115)98-63(38-55-42-94-60-29-22-20-27-58(55)60)81(120)105-69(47-112)83(122)104-67(88(127)110(73)11)39-56-43-95-61-30-23-21-28-59(56)61/h16,18-23,25-30,42-44,50-53,62-73,94-95,112H,12-15,17,24,31-41,45-49H2,1-11H3,(H2,91,113)(H2,92,114)(H,93,97)(H,96,118)(H,98,115)(H,99,116)(H,100,123)(H,101,124)(H,102,117)(H,103,121)(H,104,122)(H,105,120)(H,106,119)/t53-,62-,63-,64-,65-,66-,67-,68-,69-,70-,71-,72-,73-/m0/s1. The molecule has 130 heavy (non-hydrogen) atoms. The lowest BCUT2D eigenvalue weighted by Gasteiger charge is -2.36. The molecule has 0 aliphatic carbocycles. The van der Waals surface area contributed by atoms with Crippen molar-refractivity contribution < 1.29 is 86.6 Å². The average molecular weight is 1820 g/mol. The van der Waals surface area contributed by atoms with Crippen molar-refractivity contribution in [3.63, 3.8) is 0 Å². The van der Waals surface area contributed by atoms with Gasteiger partial charge in [-0.15, -0.1) is 11.8 Å². The van der Waals surface area contributed by atoms with Crippen LogP contribution in [0.4, 0.5) is 0 Å². The molecule has 39 nitrogen and oxygen atoms in total. The number of hydrogen-bond acceptors (Lipinski definition) is 20. The van der Waals surface area contributed by atoms with Crippen LogP contribution in [-0.2, 0) is 107 Å². The molecule has 2 aliphatic heterocycles. The fourth-order valence-corrected chi connectivity index (χ4v) is 16.7. The molecule has 17 amide bonds. The Bertz CT molecular complexity index is 4950. The summed E-state index contributed by atoms with van der Waals surface area (Å²) in [5.74, 6) is -16.4. The summed E-state index contributed by atoms with van der Waals surface area (Å²) in [5, 5.41) is 39.2. The Morgan fingerprint density at radius 3 is 1.64 bits per heavy atom. The van der Waals surface area contributed by atoms with Crippen LogP contribution in [0.25, 0.3) is 21.8 Å². The lowest BCUT2D eigenvalue weighted by molar-refractivity contribution is -0.149. The molecular formula is C90H127N21O18S. The van der Waals surface area contributed by atoms with Crippen LogP contribution in [0.1, 0.15) is 148 Å². The molecule has 0 bridgehead atoms.